The van der Waals surface area contributed by atoms with E-state index >= 15 is 0 Å². The predicted molar refractivity (Wildman–Crippen MR) is 60.9 cm³/mol. The van der Waals surface area contributed by atoms with Gasteiger partial charge in [-0.05, 0) is 37.6 Å². The van der Waals surface area contributed by atoms with Crippen molar-refractivity contribution < 1.29 is 0 Å². The van der Waals surface area contributed by atoms with E-state index in [1.807, 2.05) is 18.3 Å². The van der Waals surface area contributed by atoms with E-state index in [2.05, 4.69) is 35.5 Å². The summed E-state index contributed by atoms with van der Waals surface area (Å²) in [5.41, 5.74) is 8.98. The molecule has 0 spiro atoms. The van der Waals surface area contributed by atoms with Crippen LogP contribution >= 0.6 is 0 Å². The van der Waals surface area contributed by atoms with Gasteiger partial charge in [0.1, 0.15) is 5.82 Å². The summed E-state index contributed by atoms with van der Waals surface area (Å²) in [6, 6.07) is 8.20. The molecule has 0 amide bonds. The first-order chi connectivity index (χ1) is 7.22. The molecule has 0 saturated carbocycles. The molecule has 2 N–H and O–H groups in total. The Hall–Kier alpha value is -1.61. The SMILES string of the molecule is Cc1ccc(C)n1-c1ccc(CN)cn1. The van der Waals surface area contributed by atoms with Crippen molar-refractivity contribution in [3.05, 3.63) is 47.4 Å². The summed E-state index contributed by atoms with van der Waals surface area (Å²) in [5.74, 6) is 0.951. The molecule has 0 bridgehead atoms. The number of pyridine rings is 1. The maximum Gasteiger partial charge on any atom is 0.136 e. The molecule has 2 aromatic heterocycles. The predicted octanol–water partition coefficient (Wildman–Crippen LogP) is 1.95. The highest BCUT2D eigenvalue weighted by Crippen LogP contribution is 2.14. The fraction of sp³-hybridized carbons (Fsp3) is 0.250. The lowest BCUT2D eigenvalue weighted by Gasteiger charge is -2.08. The number of nitrogens with two attached hydrogens (primary N) is 1. The molecule has 0 radical (unpaired) electrons. The smallest absolute Gasteiger partial charge is 0.136 e. The fourth-order valence-corrected chi connectivity index (χ4v) is 1.70. The van der Waals surface area contributed by atoms with Gasteiger partial charge >= 0.3 is 0 Å². The highest BCUT2D eigenvalue weighted by Gasteiger charge is 2.04. The Morgan fingerprint density at radius 3 is 2.27 bits per heavy atom. The normalized spacial score (nSPS) is 10.6. The fourth-order valence-electron chi connectivity index (χ4n) is 1.70. The van der Waals surface area contributed by atoms with Crippen LogP contribution in [0.1, 0.15) is 17.0 Å². The van der Waals surface area contributed by atoms with E-state index in [9.17, 15) is 0 Å². The monoisotopic (exact) mass is 201 g/mol. The number of aryl methyl sites for hydroxylation is 2. The zero-order chi connectivity index (χ0) is 10.8. The minimum atomic E-state index is 0.539. The minimum Gasteiger partial charge on any atom is -0.326 e. The maximum atomic E-state index is 5.53. The number of aromatic nitrogens is 2. The Morgan fingerprint density at radius 2 is 1.80 bits per heavy atom. The van der Waals surface area contributed by atoms with Crippen molar-refractivity contribution >= 4 is 0 Å². The van der Waals surface area contributed by atoms with Gasteiger partial charge in [0.25, 0.3) is 0 Å². The van der Waals surface area contributed by atoms with Crippen LogP contribution in [-0.2, 0) is 6.54 Å². The lowest BCUT2D eigenvalue weighted by atomic mass is 10.3. The zero-order valence-corrected chi connectivity index (χ0v) is 9.07. The molecule has 2 heterocycles. The number of rotatable bonds is 2. The molecule has 0 saturated heterocycles. The Balaban J connectivity index is 2.45. The molecular weight excluding hydrogens is 186 g/mol. The third-order valence-electron chi connectivity index (χ3n) is 2.55. The summed E-state index contributed by atoms with van der Waals surface area (Å²) in [5, 5.41) is 0. The molecular formula is C12H15N3. The van der Waals surface area contributed by atoms with Crippen LogP contribution in [0.15, 0.2) is 30.5 Å². The molecule has 2 rings (SSSR count). The number of hydrogen-bond donors (Lipinski definition) is 1. The minimum absolute atomic E-state index is 0.539. The van der Waals surface area contributed by atoms with Gasteiger partial charge < -0.3 is 10.3 Å². The molecule has 0 unspecified atom stereocenters. The molecule has 3 heteroatoms. The van der Waals surface area contributed by atoms with Crippen molar-refractivity contribution in [2.45, 2.75) is 20.4 Å². The highest BCUT2D eigenvalue weighted by molar-refractivity contribution is 5.32. The standard InChI is InChI=1S/C12H15N3/c1-9-3-4-10(2)15(9)12-6-5-11(7-13)8-14-12/h3-6,8H,7,13H2,1-2H3. The van der Waals surface area contributed by atoms with Gasteiger partial charge in [-0.25, -0.2) is 4.98 Å². The molecule has 2 aromatic rings. The molecule has 0 aliphatic carbocycles. The third kappa shape index (κ3) is 1.78. The van der Waals surface area contributed by atoms with Gasteiger partial charge in [-0.3, -0.25) is 0 Å². The van der Waals surface area contributed by atoms with Crippen LogP contribution in [0.4, 0.5) is 0 Å². The van der Waals surface area contributed by atoms with Gasteiger partial charge in [-0.15, -0.1) is 0 Å². The first-order valence-corrected chi connectivity index (χ1v) is 5.02. The van der Waals surface area contributed by atoms with Gasteiger partial charge in [0, 0.05) is 24.1 Å². The average molecular weight is 201 g/mol. The van der Waals surface area contributed by atoms with E-state index in [-0.39, 0.29) is 0 Å². The van der Waals surface area contributed by atoms with Crippen molar-refractivity contribution in [1.29, 1.82) is 0 Å². The van der Waals surface area contributed by atoms with Crippen LogP contribution in [0.5, 0.6) is 0 Å². The maximum absolute atomic E-state index is 5.53. The van der Waals surface area contributed by atoms with Gasteiger partial charge in [-0.2, -0.15) is 0 Å². The van der Waals surface area contributed by atoms with Crippen LogP contribution in [0.25, 0.3) is 5.82 Å². The molecule has 0 aliphatic heterocycles. The van der Waals surface area contributed by atoms with E-state index in [4.69, 9.17) is 5.73 Å². The summed E-state index contributed by atoms with van der Waals surface area (Å²) < 4.78 is 2.13. The molecule has 3 nitrogen and oxygen atoms in total. The zero-order valence-electron chi connectivity index (χ0n) is 9.07. The second kappa shape index (κ2) is 3.87. The van der Waals surface area contributed by atoms with E-state index in [0.29, 0.717) is 6.54 Å². The van der Waals surface area contributed by atoms with Gasteiger partial charge in [0.2, 0.25) is 0 Å². The van der Waals surface area contributed by atoms with Crippen molar-refractivity contribution in [1.82, 2.24) is 9.55 Å². The highest BCUT2D eigenvalue weighted by atomic mass is 15.1. The lowest BCUT2D eigenvalue weighted by Crippen LogP contribution is -2.03. The van der Waals surface area contributed by atoms with Gasteiger partial charge in [0.15, 0.2) is 0 Å². The second-order valence-electron chi connectivity index (χ2n) is 3.68. The Labute approximate surface area is 89.6 Å². The molecule has 0 fully saturated rings. The van der Waals surface area contributed by atoms with Crippen LogP contribution in [0.3, 0.4) is 0 Å². The van der Waals surface area contributed by atoms with Crippen molar-refractivity contribution in [2.24, 2.45) is 5.73 Å². The van der Waals surface area contributed by atoms with Crippen LogP contribution in [-0.4, -0.2) is 9.55 Å². The molecule has 15 heavy (non-hydrogen) atoms. The molecule has 0 aromatic carbocycles. The number of nitrogens with zero attached hydrogens (tertiary/aromatic N) is 2. The lowest BCUT2D eigenvalue weighted by molar-refractivity contribution is 0.912. The summed E-state index contributed by atoms with van der Waals surface area (Å²) in [4.78, 5) is 4.40. The van der Waals surface area contributed by atoms with E-state index in [1.165, 1.54) is 11.4 Å². The van der Waals surface area contributed by atoms with Crippen LogP contribution in [0, 0.1) is 13.8 Å². The summed E-state index contributed by atoms with van der Waals surface area (Å²) in [7, 11) is 0. The first-order valence-electron chi connectivity index (χ1n) is 5.02. The average Bonchev–Trinajstić information content (AvgIpc) is 2.59. The van der Waals surface area contributed by atoms with Crippen molar-refractivity contribution in [3.8, 4) is 5.82 Å². The molecule has 0 atom stereocenters. The first kappa shape index (κ1) is 9.93. The van der Waals surface area contributed by atoms with E-state index < -0.39 is 0 Å². The third-order valence-corrected chi connectivity index (χ3v) is 2.55. The summed E-state index contributed by atoms with van der Waals surface area (Å²) in [6.07, 6.45) is 1.83. The Bertz CT molecular complexity index is 435. The second-order valence-corrected chi connectivity index (χ2v) is 3.68. The van der Waals surface area contributed by atoms with Gasteiger partial charge in [0.05, 0.1) is 0 Å². The topological polar surface area (TPSA) is 43.8 Å². The largest absolute Gasteiger partial charge is 0.326 e. The molecule has 78 valence electrons. The number of hydrogen-bond acceptors (Lipinski definition) is 2. The van der Waals surface area contributed by atoms with Crippen molar-refractivity contribution in [3.63, 3.8) is 0 Å². The van der Waals surface area contributed by atoms with Crippen LogP contribution < -0.4 is 5.73 Å². The quantitative estimate of drug-likeness (QED) is 0.807. The molecule has 0 aliphatic rings. The Morgan fingerprint density at radius 1 is 1.13 bits per heavy atom. The van der Waals surface area contributed by atoms with E-state index in [0.717, 1.165) is 11.4 Å². The van der Waals surface area contributed by atoms with Crippen molar-refractivity contribution in [2.75, 3.05) is 0 Å². The van der Waals surface area contributed by atoms with E-state index in [1.54, 1.807) is 0 Å². The summed E-state index contributed by atoms with van der Waals surface area (Å²) >= 11 is 0. The summed E-state index contributed by atoms with van der Waals surface area (Å²) in [6.45, 7) is 4.69. The van der Waals surface area contributed by atoms with Gasteiger partial charge in [-0.1, -0.05) is 6.07 Å². The Kier molecular flexibility index (Phi) is 2.56. The van der Waals surface area contributed by atoms with Crippen LogP contribution in [0.2, 0.25) is 0 Å².